The minimum atomic E-state index is -0.209. The highest BCUT2D eigenvalue weighted by Gasteiger charge is 2.14. The topological polar surface area (TPSA) is 84.2 Å². The molecule has 0 unspecified atom stereocenters. The summed E-state index contributed by atoms with van der Waals surface area (Å²) in [5.74, 6) is 1.14. The van der Waals surface area contributed by atoms with Crippen LogP contribution < -0.4 is 20.3 Å². The van der Waals surface area contributed by atoms with E-state index in [2.05, 4.69) is 9.97 Å². The van der Waals surface area contributed by atoms with Crippen molar-refractivity contribution in [2.75, 3.05) is 14.2 Å². The van der Waals surface area contributed by atoms with Crippen LogP contribution in [-0.2, 0) is 0 Å². The minimum Gasteiger partial charge on any atom is -0.496 e. The lowest BCUT2D eigenvalue weighted by Gasteiger charge is -2.12. The van der Waals surface area contributed by atoms with Gasteiger partial charge in [0, 0.05) is 44.1 Å². The van der Waals surface area contributed by atoms with Gasteiger partial charge in [-0.1, -0.05) is 23.2 Å². The van der Waals surface area contributed by atoms with Gasteiger partial charge in [-0.25, -0.2) is 0 Å². The highest BCUT2D eigenvalue weighted by Crippen LogP contribution is 2.33. The van der Waals surface area contributed by atoms with Crippen molar-refractivity contribution in [3.8, 4) is 34.0 Å². The first-order chi connectivity index (χ1) is 16.4. The molecule has 2 heterocycles. The van der Waals surface area contributed by atoms with Gasteiger partial charge in [-0.15, -0.1) is 0 Å². The molecule has 5 rings (SSSR count). The van der Waals surface area contributed by atoms with E-state index in [1.54, 1.807) is 62.8 Å². The number of methoxy groups -OCH3 is 2. The monoisotopic (exact) mass is 492 g/mol. The number of benzene rings is 3. The Morgan fingerprint density at radius 3 is 1.41 bits per heavy atom. The summed E-state index contributed by atoms with van der Waals surface area (Å²) in [7, 11) is 3.09. The van der Waals surface area contributed by atoms with Crippen LogP contribution in [0.2, 0.25) is 10.0 Å². The van der Waals surface area contributed by atoms with Gasteiger partial charge in [0.15, 0.2) is 10.9 Å². The average Bonchev–Trinajstić information content (AvgIpc) is 2.83. The van der Waals surface area contributed by atoms with Crippen molar-refractivity contribution in [3.05, 3.63) is 91.2 Å². The van der Waals surface area contributed by atoms with Gasteiger partial charge < -0.3 is 19.4 Å². The van der Waals surface area contributed by atoms with Gasteiger partial charge >= 0.3 is 0 Å². The molecule has 170 valence electrons. The Morgan fingerprint density at radius 1 is 0.618 bits per heavy atom. The molecular weight excluding hydrogens is 475 g/mol. The lowest BCUT2D eigenvalue weighted by Crippen LogP contribution is -2.07. The Labute approximate surface area is 203 Å². The van der Waals surface area contributed by atoms with Crippen LogP contribution in [0.15, 0.2) is 70.3 Å². The second-order valence-corrected chi connectivity index (χ2v) is 8.60. The van der Waals surface area contributed by atoms with E-state index in [1.165, 1.54) is 12.1 Å². The molecule has 0 spiro atoms. The number of hydrogen-bond donors (Lipinski definition) is 2. The van der Waals surface area contributed by atoms with Crippen LogP contribution in [0.1, 0.15) is 0 Å². The molecule has 0 fully saturated rings. The number of fused-ring (bicyclic) bond motifs is 2. The molecule has 0 amide bonds. The van der Waals surface area contributed by atoms with Crippen molar-refractivity contribution in [1.82, 2.24) is 9.97 Å². The first-order valence-corrected chi connectivity index (χ1v) is 11.1. The summed E-state index contributed by atoms with van der Waals surface area (Å²) in [6, 6.07) is 16.6. The Hall–Kier alpha value is -3.74. The molecule has 6 nitrogen and oxygen atoms in total. The van der Waals surface area contributed by atoms with Gasteiger partial charge in [0.2, 0.25) is 0 Å². The smallest absolute Gasteiger partial charge is 0.190 e. The molecule has 5 aromatic rings. The zero-order valence-corrected chi connectivity index (χ0v) is 19.7. The summed E-state index contributed by atoms with van der Waals surface area (Å²) in [5, 5.41) is 1.89. The second kappa shape index (κ2) is 8.56. The number of aromatic amines is 2. The quantitative estimate of drug-likeness (QED) is 0.300. The summed E-state index contributed by atoms with van der Waals surface area (Å²) < 4.78 is 10.8. The van der Waals surface area contributed by atoms with E-state index in [1.807, 2.05) is 0 Å². The highest BCUT2D eigenvalue weighted by atomic mass is 35.5. The van der Waals surface area contributed by atoms with E-state index in [0.29, 0.717) is 65.9 Å². The first kappa shape index (κ1) is 22.1. The van der Waals surface area contributed by atoms with Gasteiger partial charge in [-0.05, 0) is 48.5 Å². The van der Waals surface area contributed by atoms with Crippen molar-refractivity contribution < 1.29 is 9.47 Å². The Kier molecular flexibility index (Phi) is 5.55. The zero-order valence-electron chi connectivity index (χ0n) is 18.2. The molecule has 2 N–H and O–H groups in total. The van der Waals surface area contributed by atoms with Crippen molar-refractivity contribution in [3.63, 3.8) is 0 Å². The summed E-state index contributed by atoms with van der Waals surface area (Å²) in [6.07, 6.45) is 0. The maximum atomic E-state index is 13.1. The number of rotatable bonds is 4. The van der Waals surface area contributed by atoms with Crippen LogP contribution in [0.4, 0.5) is 0 Å². The predicted molar refractivity (Wildman–Crippen MR) is 137 cm³/mol. The number of ether oxygens (including phenoxy) is 2. The van der Waals surface area contributed by atoms with Crippen molar-refractivity contribution in [2.24, 2.45) is 0 Å². The minimum absolute atomic E-state index is 0.209. The maximum Gasteiger partial charge on any atom is 0.190 e. The zero-order chi connectivity index (χ0) is 24.0. The number of hydrogen-bond acceptors (Lipinski definition) is 4. The van der Waals surface area contributed by atoms with Crippen molar-refractivity contribution >= 4 is 45.0 Å². The van der Waals surface area contributed by atoms with Gasteiger partial charge in [-0.2, -0.15) is 0 Å². The molecule has 0 bridgehead atoms. The van der Waals surface area contributed by atoms with E-state index in [9.17, 15) is 9.59 Å². The molecule has 34 heavy (non-hydrogen) atoms. The summed E-state index contributed by atoms with van der Waals surface area (Å²) >= 11 is 12.3. The van der Waals surface area contributed by atoms with Gasteiger partial charge in [0.05, 0.1) is 36.6 Å². The molecule has 0 saturated heterocycles. The molecule has 0 aliphatic rings. The normalized spacial score (nSPS) is 11.2. The molecular formula is C26H18Cl2N2O4. The molecule has 0 atom stereocenters. The summed E-state index contributed by atoms with van der Waals surface area (Å²) in [5.41, 5.74) is 2.99. The van der Waals surface area contributed by atoms with E-state index in [0.717, 1.165) is 0 Å². The van der Waals surface area contributed by atoms with Crippen LogP contribution in [-0.4, -0.2) is 24.2 Å². The van der Waals surface area contributed by atoms with Crippen LogP contribution in [0.5, 0.6) is 11.5 Å². The van der Waals surface area contributed by atoms with E-state index < -0.39 is 0 Å². The average molecular weight is 493 g/mol. The Morgan fingerprint density at radius 2 is 1.03 bits per heavy atom. The Bertz CT molecular complexity index is 1580. The van der Waals surface area contributed by atoms with Crippen LogP contribution in [0.25, 0.3) is 44.3 Å². The lowest BCUT2D eigenvalue weighted by molar-refractivity contribution is 0.416. The number of nitrogens with one attached hydrogen (secondary N) is 2. The third-order valence-corrected chi connectivity index (χ3v) is 6.15. The van der Waals surface area contributed by atoms with E-state index >= 15 is 0 Å². The standard InChI is InChI=1S/C26H18Cl2N2O4/c1-33-25-5-3-13(27)7-17(25)21-11-23(31)15-10-20-16(9-19(15)29-21)24(32)12-22(30-20)18-8-14(28)4-6-26(18)34-2/h3-12H,1-2H3,(H,29,31)(H,30,32). The lowest BCUT2D eigenvalue weighted by atomic mass is 10.0. The summed E-state index contributed by atoms with van der Waals surface area (Å²) in [4.78, 5) is 32.6. The van der Waals surface area contributed by atoms with Crippen LogP contribution in [0.3, 0.4) is 0 Å². The number of H-pyrrole nitrogens is 2. The number of pyridine rings is 2. The molecule has 8 heteroatoms. The van der Waals surface area contributed by atoms with Gasteiger partial charge in [-0.3, -0.25) is 9.59 Å². The molecule has 3 aromatic carbocycles. The second-order valence-electron chi connectivity index (χ2n) is 7.73. The largest absolute Gasteiger partial charge is 0.496 e. The molecule has 0 aliphatic heterocycles. The fourth-order valence-electron chi connectivity index (χ4n) is 4.07. The molecule has 0 aliphatic carbocycles. The highest BCUT2D eigenvalue weighted by molar-refractivity contribution is 6.31. The van der Waals surface area contributed by atoms with E-state index in [-0.39, 0.29) is 10.9 Å². The third kappa shape index (κ3) is 3.81. The fraction of sp³-hybridized carbons (Fsp3) is 0.0769. The van der Waals surface area contributed by atoms with Gasteiger partial charge in [0.25, 0.3) is 0 Å². The van der Waals surface area contributed by atoms with Crippen LogP contribution >= 0.6 is 23.2 Å². The maximum absolute atomic E-state index is 13.1. The first-order valence-electron chi connectivity index (χ1n) is 10.3. The van der Waals surface area contributed by atoms with E-state index in [4.69, 9.17) is 32.7 Å². The molecule has 0 radical (unpaired) electrons. The predicted octanol–water partition coefficient (Wildman–Crippen LogP) is 6.03. The molecule has 0 saturated carbocycles. The van der Waals surface area contributed by atoms with Crippen molar-refractivity contribution in [1.29, 1.82) is 0 Å². The summed E-state index contributed by atoms with van der Waals surface area (Å²) in [6.45, 7) is 0. The third-order valence-electron chi connectivity index (χ3n) is 5.68. The SMILES string of the molecule is COc1ccc(Cl)cc1-c1cc(=O)c2cc3[nH]c(-c4cc(Cl)ccc4OC)cc(=O)c3cc2[nH]1. The number of halogens is 2. The van der Waals surface area contributed by atoms with Crippen molar-refractivity contribution in [2.45, 2.75) is 0 Å². The van der Waals surface area contributed by atoms with Gasteiger partial charge in [0.1, 0.15) is 11.5 Å². The Balaban J connectivity index is 1.74. The van der Waals surface area contributed by atoms with Crippen LogP contribution in [0, 0.1) is 0 Å². The molecule has 2 aromatic heterocycles. The number of aromatic nitrogens is 2. The fourth-order valence-corrected chi connectivity index (χ4v) is 4.41.